The number of carbonyl (C=O) groups is 1. The third kappa shape index (κ3) is 3.72. The van der Waals surface area contributed by atoms with Gasteiger partial charge >= 0.3 is 0 Å². The molecule has 1 atom stereocenters. The van der Waals surface area contributed by atoms with Gasteiger partial charge in [0, 0.05) is 18.2 Å². The molecule has 2 heterocycles. The van der Waals surface area contributed by atoms with Crippen molar-refractivity contribution < 1.29 is 17.8 Å². The van der Waals surface area contributed by atoms with E-state index in [0.29, 0.717) is 16.3 Å². The molecule has 3 aromatic rings. The van der Waals surface area contributed by atoms with Crippen molar-refractivity contribution in [3.05, 3.63) is 36.2 Å². The first-order chi connectivity index (χ1) is 13.4. The van der Waals surface area contributed by atoms with Gasteiger partial charge in [-0.2, -0.15) is 0 Å². The van der Waals surface area contributed by atoms with E-state index in [-0.39, 0.29) is 28.8 Å². The zero-order chi connectivity index (χ0) is 19.8. The molecule has 4 rings (SSSR count). The van der Waals surface area contributed by atoms with Crippen LogP contribution in [0.3, 0.4) is 0 Å². The Balaban J connectivity index is 1.78. The molecular weight excluding hydrogens is 388 g/mol. The summed E-state index contributed by atoms with van der Waals surface area (Å²) in [6, 6.07) is 8.52. The van der Waals surface area contributed by atoms with Crippen LogP contribution in [0.2, 0.25) is 0 Å². The molecule has 7 nitrogen and oxygen atoms in total. The highest BCUT2D eigenvalue weighted by atomic mass is 32.2. The smallest absolute Gasteiger partial charge is 0.295 e. The Morgan fingerprint density at radius 2 is 2.00 bits per heavy atom. The third-order valence-corrected chi connectivity index (χ3v) is 5.33. The molecule has 1 aromatic carbocycles. The van der Waals surface area contributed by atoms with Crippen LogP contribution in [0, 0.1) is 5.92 Å². The number of imidazole rings is 1. The summed E-state index contributed by atoms with van der Waals surface area (Å²) in [5.41, 5.74) is 1.29. The number of halogens is 2. The summed E-state index contributed by atoms with van der Waals surface area (Å²) in [4.78, 5) is 23.2. The molecule has 1 saturated carbocycles. The van der Waals surface area contributed by atoms with Crippen molar-refractivity contribution in [1.29, 1.82) is 0 Å². The number of para-hydroxylation sites is 1. The van der Waals surface area contributed by atoms with Crippen molar-refractivity contribution in [2.45, 2.75) is 24.2 Å². The molecule has 1 aliphatic carbocycles. The molecule has 1 aliphatic rings. The summed E-state index contributed by atoms with van der Waals surface area (Å²) in [5.74, 6) is -0.483. The van der Waals surface area contributed by atoms with Crippen LogP contribution in [-0.4, -0.2) is 31.3 Å². The van der Waals surface area contributed by atoms with E-state index < -0.39 is 23.0 Å². The summed E-state index contributed by atoms with van der Waals surface area (Å²) in [6.07, 6.45) is 0.413. The van der Waals surface area contributed by atoms with Crippen LogP contribution in [0.5, 0.6) is 0 Å². The Labute approximate surface area is 161 Å². The molecule has 1 fully saturated rings. The minimum Gasteiger partial charge on any atom is -0.353 e. The first-order valence-corrected chi connectivity index (χ1v) is 10.2. The zero-order valence-electron chi connectivity index (χ0n) is 14.8. The molecule has 10 heteroatoms. The van der Waals surface area contributed by atoms with Crippen molar-refractivity contribution in [1.82, 2.24) is 15.0 Å². The summed E-state index contributed by atoms with van der Waals surface area (Å²) in [5, 5.41) is 5.81. The highest BCUT2D eigenvalue weighted by Gasteiger charge is 2.30. The lowest BCUT2D eigenvalue weighted by atomic mass is 10.2. The van der Waals surface area contributed by atoms with E-state index in [1.54, 1.807) is 36.6 Å². The van der Waals surface area contributed by atoms with Gasteiger partial charge in [-0.15, -0.1) is 0 Å². The molecule has 1 amide bonds. The number of H-pyrrole nitrogens is 1. The molecule has 28 heavy (non-hydrogen) atoms. The number of amides is 1. The maximum Gasteiger partial charge on any atom is 0.295 e. The molecule has 0 saturated heterocycles. The Kier molecular flexibility index (Phi) is 4.80. The molecule has 0 radical (unpaired) electrons. The summed E-state index contributed by atoms with van der Waals surface area (Å²) in [7, 11) is -1.26. The van der Waals surface area contributed by atoms with Gasteiger partial charge in [0.15, 0.2) is 11.5 Å². The lowest BCUT2D eigenvalue weighted by Crippen LogP contribution is -2.14. The standard InChI is InChI=1S/C18H17F2N5O2S/c1-28(27)12-5-3-2-4-10(12)21-11-8-13(23-18(26)9-6-7-9)22-16-14(11)24-17(25-16)15(19)20/h2-5,8-9,15H,6-7H2,1H3,(H3,21,22,23,24,25,26)/t28-/m0/s1. The van der Waals surface area contributed by atoms with Crippen LogP contribution in [0.4, 0.5) is 26.0 Å². The Hall–Kier alpha value is -2.88. The number of aromatic nitrogens is 3. The van der Waals surface area contributed by atoms with Crippen LogP contribution in [0.1, 0.15) is 25.1 Å². The average Bonchev–Trinajstić information content (AvgIpc) is 3.41. The summed E-state index contributed by atoms with van der Waals surface area (Å²) < 4.78 is 38.2. The molecule has 3 N–H and O–H groups in total. The van der Waals surface area contributed by atoms with E-state index in [9.17, 15) is 17.8 Å². The predicted octanol–water partition coefficient (Wildman–Crippen LogP) is 3.73. The van der Waals surface area contributed by atoms with Gasteiger partial charge in [-0.3, -0.25) is 9.00 Å². The van der Waals surface area contributed by atoms with E-state index in [0.717, 1.165) is 12.8 Å². The van der Waals surface area contributed by atoms with Gasteiger partial charge in [-0.1, -0.05) is 12.1 Å². The first kappa shape index (κ1) is 18.5. The highest BCUT2D eigenvalue weighted by Crippen LogP contribution is 2.33. The van der Waals surface area contributed by atoms with Gasteiger partial charge in [-0.05, 0) is 25.0 Å². The van der Waals surface area contributed by atoms with Gasteiger partial charge in [0.25, 0.3) is 6.43 Å². The fourth-order valence-corrected chi connectivity index (χ4v) is 3.51. The second kappa shape index (κ2) is 7.27. The number of pyridine rings is 1. The monoisotopic (exact) mass is 405 g/mol. The maximum atomic E-state index is 13.1. The maximum absolute atomic E-state index is 13.1. The zero-order valence-corrected chi connectivity index (χ0v) is 15.6. The van der Waals surface area contributed by atoms with E-state index in [1.165, 1.54) is 0 Å². The van der Waals surface area contributed by atoms with Crippen molar-refractivity contribution >= 4 is 45.1 Å². The molecule has 0 bridgehead atoms. The van der Waals surface area contributed by atoms with Crippen molar-refractivity contribution in [3.8, 4) is 0 Å². The van der Waals surface area contributed by atoms with Gasteiger partial charge < -0.3 is 15.6 Å². The number of hydrogen-bond acceptors (Lipinski definition) is 5. The number of alkyl halides is 2. The average molecular weight is 405 g/mol. The van der Waals surface area contributed by atoms with Crippen LogP contribution >= 0.6 is 0 Å². The van der Waals surface area contributed by atoms with Crippen LogP contribution in [0.25, 0.3) is 11.2 Å². The van der Waals surface area contributed by atoms with E-state index in [4.69, 9.17) is 0 Å². The number of nitrogens with zero attached hydrogens (tertiary/aromatic N) is 2. The van der Waals surface area contributed by atoms with Crippen LogP contribution in [-0.2, 0) is 15.6 Å². The third-order valence-electron chi connectivity index (χ3n) is 4.35. The van der Waals surface area contributed by atoms with Gasteiger partial charge in [-0.25, -0.2) is 18.7 Å². The largest absolute Gasteiger partial charge is 0.353 e. The lowest BCUT2D eigenvalue weighted by molar-refractivity contribution is -0.117. The quantitative estimate of drug-likeness (QED) is 0.580. The van der Waals surface area contributed by atoms with E-state index in [1.807, 2.05) is 0 Å². The molecular formula is C18H17F2N5O2S. The fraction of sp³-hybridized carbons (Fsp3) is 0.278. The van der Waals surface area contributed by atoms with Gasteiger partial charge in [0.2, 0.25) is 5.91 Å². The minimum atomic E-state index is -2.79. The van der Waals surface area contributed by atoms with Crippen molar-refractivity contribution in [2.75, 3.05) is 16.9 Å². The molecule has 2 aromatic heterocycles. The van der Waals surface area contributed by atoms with E-state index >= 15 is 0 Å². The van der Waals surface area contributed by atoms with Crippen LogP contribution in [0.15, 0.2) is 35.2 Å². The normalized spacial score (nSPS) is 15.0. The Bertz CT molecular complexity index is 1080. The van der Waals surface area contributed by atoms with Crippen molar-refractivity contribution in [2.24, 2.45) is 5.92 Å². The minimum absolute atomic E-state index is 0.0343. The molecule has 0 unspecified atom stereocenters. The SMILES string of the molecule is C[S@](=O)c1ccccc1Nc1cc(NC(=O)C2CC2)nc2nc(C(F)F)[nH]c12. The number of rotatable bonds is 6. The number of hydrogen-bond donors (Lipinski definition) is 3. The number of fused-ring (bicyclic) bond motifs is 1. The highest BCUT2D eigenvalue weighted by molar-refractivity contribution is 7.84. The molecule has 146 valence electrons. The van der Waals surface area contributed by atoms with Crippen LogP contribution < -0.4 is 10.6 Å². The van der Waals surface area contributed by atoms with Crippen molar-refractivity contribution in [3.63, 3.8) is 0 Å². The number of anilines is 3. The van der Waals surface area contributed by atoms with Gasteiger partial charge in [0.05, 0.1) is 27.1 Å². The summed E-state index contributed by atoms with van der Waals surface area (Å²) >= 11 is 0. The lowest BCUT2D eigenvalue weighted by Gasteiger charge is -2.12. The summed E-state index contributed by atoms with van der Waals surface area (Å²) in [6.45, 7) is 0. The predicted molar refractivity (Wildman–Crippen MR) is 102 cm³/mol. The Morgan fingerprint density at radius 1 is 1.25 bits per heavy atom. The second-order valence-electron chi connectivity index (χ2n) is 6.52. The second-order valence-corrected chi connectivity index (χ2v) is 7.86. The van der Waals surface area contributed by atoms with E-state index in [2.05, 4.69) is 25.6 Å². The number of carbonyl (C=O) groups excluding carboxylic acids is 1. The molecule has 0 aliphatic heterocycles. The number of aromatic amines is 1. The number of nitrogens with one attached hydrogen (secondary N) is 3. The molecule has 0 spiro atoms. The topological polar surface area (TPSA) is 99.8 Å². The van der Waals surface area contributed by atoms with Gasteiger partial charge in [0.1, 0.15) is 11.3 Å². The number of benzene rings is 1. The fourth-order valence-electron chi connectivity index (χ4n) is 2.81. The Morgan fingerprint density at radius 3 is 2.68 bits per heavy atom. The first-order valence-electron chi connectivity index (χ1n) is 8.61.